The molecule has 4 N–H and O–H groups in total. The number of aliphatic hydroxyl groups excluding tert-OH is 2. The fourth-order valence-corrected chi connectivity index (χ4v) is 7.69. The maximum absolute atomic E-state index is 14.4. The molecule has 1 aromatic carbocycles. The highest BCUT2D eigenvalue weighted by Gasteiger charge is 2.76. The van der Waals surface area contributed by atoms with Gasteiger partial charge in [-0.2, -0.15) is 5.06 Å². The van der Waals surface area contributed by atoms with Gasteiger partial charge in [-0.1, -0.05) is 63.8 Å². The normalized spacial score (nSPS) is 28.3. The quantitative estimate of drug-likeness (QED) is 0.0905. The van der Waals surface area contributed by atoms with Crippen molar-refractivity contribution in [1.29, 1.82) is 0 Å². The number of amides is 2. The molecule has 0 spiro atoms. The second-order valence-electron chi connectivity index (χ2n) is 13.4. The molecule has 13 heteroatoms. The molecular formula is C36H53N3O10. The van der Waals surface area contributed by atoms with Crippen LogP contribution in [0.1, 0.15) is 89.2 Å². The van der Waals surface area contributed by atoms with E-state index < -0.39 is 53.5 Å². The summed E-state index contributed by atoms with van der Waals surface area (Å²) in [6, 6.07) is 6.52. The lowest BCUT2D eigenvalue weighted by Gasteiger charge is -2.48. The Morgan fingerprint density at radius 1 is 1.00 bits per heavy atom. The summed E-state index contributed by atoms with van der Waals surface area (Å²) in [6.45, 7) is 4.51. The van der Waals surface area contributed by atoms with Crippen LogP contribution in [0.4, 0.5) is 0 Å². The number of aliphatic hydroxyl groups is 2. The van der Waals surface area contributed by atoms with Gasteiger partial charge in [0.2, 0.25) is 11.8 Å². The molecule has 2 unspecified atom stereocenters. The molecule has 3 heterocycles. The van der Waals surface area contributed by atoms with Crippen LogP contribution in [-0.4, -0.2) is 102 Å². The summed E-state index contributed by atoms with van der Waals surface area (Å²) in [5.74, 6) is -2.14. The molecule has 2 bridgehead atoms. The lowest BCUT2D eigenvalue weighted by atomic mass is 9.62. The predicted octanol–water partition coefficient (Wildman–Crippen LogP) is 2.72. The van der Waals surface area contributed by atoms with Crippen LogP contribution >= 0.6 is 0 Å². The Morgan fingerprint density at radius 3 is 2.45 bits per heavy atom. The molecular weight excluding hydrogens is 634 g/mol. The molecule has 49 heavy (non-hydrogen) atoms. The van der Waals surface area contributed by atoms with E-state index in [1.807, 2.05) is 24.3 Å². The van der Waals surface area contributed by atoms with Gasteiger partial charge >= 0.3 is 5.97 Å². The molecule has 5 rings (SSSR count). The van der Waals surface area contributed by atoms with Crippen LogP contribution in [-0.2, 0) is 44.7 Å². The van der Waals surface area contributed by atoms with Crippen molar-refractivity contribution in [2.24, 2.45) is 5.41 Å². The first kappa shape index (κ1) is 37.2. The van der Waals surface area contributed by atoms with Crippen molar-refractivity contribution in [3.8, 4) is 0 Å². The SMILES string of the molecule is CCCCCC1(CCCCC)O[C@@H]2[C@H]3ON(Cc4ccccc4C=COCCO)[C@H]4C(=O)OC(CC34C(=O)NCCC(=O)NCCO)[C@@H]2O1. The van der Waals surface area contributed by atoms with E-state index in [1.165, 1.54) is 6.26 Å². The van der Waals surface area contributed by atoms with Crippen molar-refractivity contribution >= 4 is 23.9 Å². The first-order valence-electron chi connectivity index (χ1n) is 17.9. The maximum atomic E-state index is 14.4. The van der Waals surface area contributed by atoms with Crippen molar-refractivity contribution in [2.75, 3.05) is 32.9 Å². The lowest BCUT2D eigenvalue weighted by Crippen LogP contribution is -2.69. The molecule has 0 aromatic heterocycles. The number of ether oxygens (including phenoxy) is 4. The van der Waals surface area contributed by atoms with Crippen LogP contribution in [0.5, 0.6) is 0 Å². The first-order valence-corrected chi connectivity index (χ1v) is 17.9. The third-order valence-corrected chi connectivity index (χ3v) is 10.0. The maximum Gasteiger partial charge on any atom is 0.327 e. The molecule has 3 saturated heterocycles. The Morgan fingerprint density at radius 2 is 1.73 bits per heavy atom. The highest BCUT2D eigenvalue weighted by atomic mass is 16.8. The third kappa shape index (κ3) is 8.13. The standard InChI is InChI=1S/C36H53N3O10/c1-3-5-9-15-35(16-10-6-4-2)47-29-27-23-36(34(44)38-17-13-28(42)37-18-19-40)31(33(43)46-27)39(49-32(36)30(29)48-35)24-26-12-8-7-11-25(26)14-21-45-22-20-41/h7-8,11-12,14,21,27,29-32,40-41H,3-6,9-10,13,15-20,22-24H2,1-2H3,(H,37,42)(H,38,44)/t27?,29-,30-,31-,32+,36?/m0/s1. The Hall–Kier alpha value is -3.07. The number of rotatable bonds is 20. The molecule has 1 saturated carbocycles. The van der Waals surface area contributed by atoms with Gasteiger partial charge in [-0.25, -0.2) is 0 Å². The van der Waals surface area contributed by atoms with Crippen LogP contribution in [0.2, 0.25) is 0 Å². The van der Waals surface area contributed by atoms with Gasteiger partial charge in [-0.15, -0.1) is 0 Å². The van der Waals surface area contributed by atoms with Crippen molar-refractivity contribution in [1.82, 2.24) is 15.7 Å². The number of carbonyl (C=O) groups excluding carboxylic acids is 3. The minimum absolute atomic E-state index is 0.0112. The number of nitrogens with zero attached hydrogens (tertiary/aromatic N) is 1. The van der Waals surface area contributed by atoms with Crippen molar-refractivity contribution in [2.45, 2.75) is 121 Å². The zero-order chi connectivity index (χ0) is 34.9. The molecule has 2 amide bonds. The summed E-state index contributed by atoms with van der Waals surface area (Å²) < 4.78 is 25.2. The minimum atomic E-state index is -1.36. The number of unbranched alkanes of at least 4 members (excludes halogenated alkanes) is 4. The first-order chi connectivity index (χ1) is 23.8. The average molecular weight is 688 g/mol. The van der Waals surface area contributed by atoms with Crippen LogP contribution in [0, 0.1) is 5.41 Å². The van der Waals surface area contributed by atoms with Crippen molar-refractivity contribution in [3.05, 3.63) is 41.7 Å². The number of benzene rings is 1. The van der Waals surface area contributed by atoms with Gasteiger partial charge in [0.15, 0.2) is 11.8 Å². The molecule has 1 aliphatic carbocycles. The highest BCUT2D eigenvalue weighted by molar-refractivity contribution is 5.94. The van der Waals surface area contributed by atoms with Crippen molar-refractivity contribution < 1.29 is 48.4 Å². The van der Waals surface area contributed by atoms with Gasteiger partial charge in [0, 0.05) is 38.8 Å². The summed E-state index contributed by atoms with van der Waals surface area (Å²) in [4.78, 5) is 47.4. The monoisotopic (exact) mass is 687 g/mol. The molecule has 272 valence electrons. The lowest BCUT2D eigenvalue weighted by molar-refractivity contribution is -0.224. The summed E-state index contributed by atoms with van der Waals surface area (Å²) in [5.41, 5.74) is 0.284. The summed E-state index contributed by atoms with van der Waals surface area (Å²) in [5, 5.41) is 25.2. The summed E-state index contributed by atoms with van der Waals surface area (Å²) in [6.07, 6.45) is 8.06. The van der Waals surface area contributed by atoms with E-state index in [4.69, 9.17) is 34.0 Å². The number of hydrogen-bond donors (Lipinski definition) is 4. The van der Waals surface area contributed by atoms with E-state index in [-0.39, 0.29) is 58.2 Å². The second kappa shape index (κ2) is 17.2. The Balaban J connectivity index is 1.46. The zero-order valence-corrected chi connectivity index (χ0v) is 28.8. The topological polar surface area (TPSA) is 165 Å². The molecule has 13 nitrogen and oxygen atoms in total. The highest BCUT2D eigenvalue weighted by Crippen LogP contribution is 2.58. The van der Waals surface area contributed by atoms with E-state index in [0.29, 0.717) is 12.8 Å². The number of esters is 1. The molecule has 4 fully saturated rings. The van der Waals surface area contributed by atoms with Gasteiger partial charge in [-0.05, 0) is 30.0 Å². The summed E-state index contributed by atoms with van der Waals surface area (Å²) in [7, 11) is 0. The van der Waals surface area contributed by atoms with Crippen LogP contribution in [0.15, 0.2) is 30.5 Å². The molecule has 1 aromatic rings. The van der Waals surface area contributed by atoms with Crippen LogP contribution < -0.4 is 10.6 Å². The Bertz CT molecular complexity index is 1300. The zero-order valence-electron chi connectivity index (χ0n) is 28.8. The van der Waals surface area contributed by atoms with Gasteiger partial charge in [0.05, 0.1) is 26.0 Å². The van der Waals surface area contributed by atoms with Crippen LogP contribution in [0.3, 0.4) is 0 Å². The molecule has 4 aliphatic rings. The molecule has 6 atom stereocenters. The van der Waals surface area contributed by atoms with E-state index in [9.17, 15) is 14.4 Å². The van der Waals surface area contributed by atoms with E-state index in [0.717, 1.165) is 49.7 Å². The Labute approximate surface area is 288 Å². The van der Waals surface area contributed by atoms with Gasteiger partial charge in [0.1, 0.15) is 36.4 Å². The smallest absolute Gasteiger partial charge is 0.327 e. The number of hydroxylamine groups is 2. The largest absolute Gasteiger partial charge is 0.499 e. The molecule has 3 aliphatic heterocycles. The number of fused-ring (bicyclic) bond motifs is 4. The number of nitrogens with one attached hydrogen (secondary N) is 2. The van der Waals surface area contributed by atoms with Crippen molar-refractivity contribution in [3.63, 3.8) is 0 Å². The fourth-order valence-electron chi connectivity index (χ4n) is 7.69. The fraction of sp³-hybridized carbons (Fsp3) is 0.694. The van der Waals surface area contributed by atoms with E-state index >= 15 is 0 Å². The van der Waals surface area contributed by atoms with Gasteiger partial charge in [0.25, 0.3) is 0 Å². The van der Waals surface area contributed by atoms with E-state index in [1.54, 1.807) is 11.1 Å². The average Bonchev–Trinajstić information content (AvgIpc) is 3.65. The second-order valence-corrected chi connectivity index (χ2v) is 13.4. The van der Waals surface area contributed by atoms with Crippen LogP contribution in [0.25, 0.3) is 6.08 Å². The number of hydrogen-bond acceptors (Lipinski definition) is 11. The van der Waals surface area contributed by atoms with E-state index in [2.05, 4.69) is 24.5 Å². The predicted molar refractivity (Wildman–Crippen MR) is 178 cm³/mol. The number of carbonyl (C=O) groups is 3. The Kier molecular flexibility index (Phi) is 13.1. The minimum Gasteiger partial charge on any atom is -0.499 e. The van der Waals surface area contributed by atoms with Gasteiger partial charge in [-0.3, -0.25) is 19.2 Å². The molecule has 0 radical (unpaired) electrons. The van der Waals surface area contributed by atoms with Gasteiger partial charge < -0.3 is 39.8 Å². The summed E-state index contributed by atoms with van der Waals surface area (Å²) >= 11 is 0. The third-order valence-electron chi connectivity index (χ3n) is 10.0.